The first-order chi connectivity index (χ1) is 13.1. The van der Waals surface area contributed by atoms with Gasteiger partial charge in [0, 0.05) is 18.0 Å². The van der Waals surface area contributed by atoms with Crippen molar-refractivity contribution in [3.8, 4) is 11.5 Å². The minimum absolute atomic E-state index is 0. The lowest BCUT2D eigenvalue weighted by Crippen LogP contribution is -2.37. The molecule has 0 aliphatic heterocycles. The normalized spacial score (nSPS) is 11.0. The molecule has 0 atom stereocenters. The van der Waals surface area contributed by atoms with Crippen LogP contribution in [0.2, 0.25) is 0 Å². The van der Waals surface area contributed by atoms with E-state index in [1.807, 2.05) is 19.1 Å². The van der Waals surface area contributed by atoms with Crippen molar-refractivity contribution in [2.75, 3.05) is 27.3 Å². The summed E-state index contributed by atoms with van der Waals surface area (Å²) in [5.41, 5.74) is 2.32. The average Bonchev–Trinajstić information content (AvgIpc) is 3.00. The maximum atomic E-state index is 5.36. The minimum atomic E-state index is 0. The number of ether oxygens (including phenoxy) is 2. The molecular weight excluding hydrogens is 487 g/mol. The van der Waals surface area contributed by atoms with E-state index in [1.54, 1.807) is 25.6 Å². The fraction of sp³-hybridized carbons (Fsp3) is 0.500. The fourth-order valence-corrected chi connectivity index (χ4v) is 3.49. The van der Waals surface area contributed by atoms with E-state index >= 15 is 0 Å². The van der Waals surface area contributed by atoms with Crippen LogP contribution in [0.25, 0.3) is 0 Å². The lowest BCUT2D eigenvalue weighted by molar-refractivity contribution is 0.354. The molecule has 0 saturated carbocycles. The third-order valence-corrected chi connectivity index (χ3v) is 5.23. The van der Waals surface area contributed by atoms with Crippen LogP contribution < -0.4 is 20.1 Å². The Morgan fingerprint density at radius 3 is 2.50 bits per heavy atom. The van der Waals surface area contributed by atoms with Crippen LogP contribution in [0.3, 0.4) is 0 Å². The fourth-order valence-electron chi connectivity index (χ4n) is 2.63. The first-order valence-corrected chi connectivity index (χ1v) is 10.0. The van der Waals surface area contributed by atoms with Crippen LogP contribution in [0.5, 0.6) is 11.5 Å². The quantitative estimate of drug-likeness (QED) is 0.227. The van der Waals surface area contributed by atoms with E-state index in [0.29, 0.717) is 6.54 Å². The molecule has 0 saturated heterocycles. The van der Waals surface area contributed by atoms with Crippen LogP contribution in [-0.2, 0) is 13.0 Å². The number of hydrogen-bond acceptors (Lipinski definition) is 5. The highest BCUT2D eigenvalue weighted by molar-refractivity contribution is 14.0. The molecule has 0 fully saturated rings. The number of aryl methyl sites for hydroxylation is 3. The maximum absolute atomic E-state index is 5.36. The summed E-state index contributed by atoms with van der Waals surface area (Å²) in [6.07, 6.45) is 1.95. The number of nitrogens with one attached hydrogen (secondary N) is 2. The molecule has 0 aliphatic carbocycles. The smallest absolute Gasteiger partial charge is 0.191 e. The monoisotopic (exact) mass is 518 g/mol. The Hall–Kier alpha value is -1.55. The summed E-state index contributed by atoms with van der Waals surface area (Å²) in [4.78, 5) is 10.4. The van der Waals surface area contributed by atoms with E-state index in [2.05, 4.69) is 40.5 Å². The zero-order valence-electron chi connectivity index (χ0n) is 17.3. The Labute approximate surface area is 189 Å². The number of aliphatic imine (C=N–C) groups is 1. The van der Waals surface area contributed by atoms with Gasteiger partial charge in [-0.05, 0) is 51.3 Å². The van der Waals surface area contributed by atoms with Crippen molar-refractivity contribution in [3.63, 3.8) is 0 Å². The summed E-state index contributed by atoms with van der Waals surface area (Å²) in [7, 11) is 3.31. The van der Waals surface area contributed by atoms with Crippen LogP contribution in [0.4, 0.5) is 0 Å². The number of rotatable bonds is 9. The largest absolute Gasteiger partial charge is 0.493 e. The first-order valence-electron chi connectivity index (χ1n) is 9.23. The summed E-state index contributed by atoms with van der Waals surface area (Å²) in [5.74, 6) is 2.36. The molecule has 28 heavy (non-hydrogen) atoms. The van der Waals surface area contributed by atoms with Gasteiger partial charge in [0.25, 0.3) is 0 Å². The highest BCUT2D eigenvalue weighted by atomic mass is 127. The van der Waals surface area contributed by atoms with Crippen LogP contribution in [-0.4, -0.2) is 38.3 Å². The van der Waals surface area contributed by atoms with Crippen LogP contribution in [0, 0.1) is 13.8 Å². The number of hydrogen-bond donors (Lipinski definition) is 2. The third-order valence-electron chi connectivity index (χ3n) is 4.17. The van der Waals surface area contributed by atoms with E-state index < -0.39 is 0 Å². The molecule has 0 spiro atoms. The molecule has 8 heteroatoms. The molecule has 156 valence electrons. The van der Waals surface area contributed by atoms with E-state index in [0.717, 1.165) is 54.1 Å². The number of nitrogens with zero attached hydrogens (tertiary/aromatic N) is 2. The molecule has 0 radical (unpaired) electrons. The molecule has 1 heterocycles. The Bertz CT molecular complexity index is 745. The van der Waals surface area contributed by atoms with Crippen molar-refractivity contribution in [2.24, 2.45) is 4.99 Å². The van der Waals surface area contributed by atoms with Gasteiger partial charge >= 0.3 is 0 Å². The number of methoxy groups -OCH3 is 2. The number of halogens is 1. The third kappa shape index (κ3) is 7.46. The molecule has 2 aromatic rings. The van der Waals surface area contributed by atoms with E-state index in [-0.39, 0.29) is 24.0 Å². The van der Waals surface area contributed by atoms with Crippen molar-refractivity contribution >= 4 is 41.3 Å². The van der Waals surface area contributed by atoms with Gasteiger partial charge in [0.2, 0.25) is 0 Å². The molecule has 2 N–H and O–H groups in total. The van der Waals surface area contributed by atoms with Crippen molar-refractivity contribution in [1.82, 2.24) is 15.6 Å². The zero-order chi connectivity index (χ0) is 19.6. The van der Waals surface area contributed by atoms with Crippen molar-refractivity contribution < 1.29 is 9.47 Å². The highest BCUT2D eigenvalue weighted by Gasteiger charge is 2.06. The van der Waals surface area contributed by atoms with Crippen molar-refractivity contribution in [2.45, 2.75) is 40.2 Å². The molecule has 0 bridgehead atoms. The summed E-state index contributed by atoms with van der Waals surface area (Å²) in [5, 5.41) is 7.73. The number of benzene rings is 1. The Morgan fingerprint density at radius 1 is 1.14 bits per heavy atom. The lowest BCUT2D eigenvalue weighted by atomic mass is 10.1. The summed E-state index contributed by atoms with van der Waals surface area (Å²) in [6.45, 7) is 8.48. The lowest BCUT2D eigenvalue weighted by Gasteiger charge is -2.12. The molecule has 1 aromatic heterocycles. The standard InChI is InChI=1S/C20H30N4O2S.HI/c1-6-21-20(23-13-19-24-14(2)15(3)27-19)22-11-7-8-16-9-10-17(25-4)18(12-16)26-5;/h9-10,12H,6-8,11,13H2,1-5H3,(H2,21,22,23);1H. The van der Waals surface area contributed by atoms with E-state index in [1.165, 1.54) is 10.4 Å². The number of guanidine groups is 1. The summed E-state index contributed by atoms with van der Waals surface area (Å²) < 4.78 is 10.6. The van der Waals surface area contributed by atoms with E-state index in [4.69, 9.17) is 9.47 Å². The van der Waals surface area contributed by atoms with Gasteiger partial charge in [-0.15, -0.1) is 35.3 Å². The predicted octanol–water partition coefficient (Wildman–Crippen LogP) is 4.08. The maximum Gasteiger partial charge on any atom is 0.191 e. The topological polar surface area (TPSA) is 67.8 Å². The second kappa shape index (κ2) is 12.8. The summed E-state index contributed by atoms with van der Waals surface area (Å²) in [6, 6.07) is 6.06. The van der Waals surface area contributed by atoms with Gasteiger partial charge in [-0.2, -0.15) is 0 Å². The number of aromatic nitrogens is 1. The second-order valence-corrected chi connectivity index (χ2v) is 7.45. The van der Waals surface area contributed by atoms with Gasteiger partial charge in [-0.25, -0.2) is 9.98 Å². The van der Waals surface area contributed by atoms with Gasteiger partial charge in [-0.3, -0.25) is 0 Å². The minimum Gasteiger partial charge on any atom is -0.493 e. The van der Waals surface area contributed by atoms with Gasteiger partial charge in [0.15, 0.2) is 17.5 Å². The van der Waals surface area contributed by atoms with E-state index in [9.17, 15) is 0 Å². The molecule has 6 nitrogen and oxygen atoms in total. The van der Waals surface area contributed by atoms with Crippen LogP contribution in [0.15, 0.2) is 23.2 Å². The average molecular weight is 518 g/mol. The van der Waals surface area contributed by atoms with Gasteiger partial charge < -0.3 is 20.1 Å². The molecule has 2 rings (SSSR count). The van der Waals surface area contributed by atoms with Gasteiger partial charge in [0.1, 0.15) is 5.01 Å². The van der Waals surface area contributed by atoms with Crippen LogP contribution in [0.1, 0.15) is 34.5 Å². The Morgan fingerprint density at radius 2 is 1.89 bits per heavy atom. The van der Waals surface area contributed by atoms with Crippen molar-refractivity contribution in [3.05, 3.63) is 39.3 Å². The first kappa shape index (κ1) is 24.5. The predicted molar refractivity (Wildman–Crippen MR) is 128 cm³/mol. The Balaban J connectivity index is 0.00000392. The zero-order valence-corrected chi connectivity index (χ0v) is 20.4. The van der Waals surface area contributed by atoms with Gasteiger partial charge in [-0.1, -0.05) is 6.07 Å². The Kier molecular flexibility index (Phi) is 11.2. The van der Waals surface area contributed by atoms with Crippen molar-refractivity contribution in [1.29, 1.82) is 0 Å². The molecule has 1 aromatic carbocycles. The summed E-state index contributed by atoms with van der Waals surface area (Å²) >= 11 is 1.71. The van der Waals surface area contributed by atoms with Gasteiger partial charge in [0.05, 0.1) is 26.5 Å². The molecule has 0 unspecified atom stereocenters. The SMILES string of the molecule is CCNC(=NCc1nc(C)c(C)s1)NCCCc1ccc(OC)c(OC)c1.I. The second-order valence-electron chi connectivity index (χ2n) is 6.16. The number of thiazole rings is 1. The molecule has 0 aliphatic rings. The highest BCUT2D eigenvalue weighted by Crippen LogP contribution is 2.27. The molecular formula is C20H31IN4O2S. The molecule has 0 amide bonds. The van der Waals surface area contributed by atoms with Crippen LogP contribution >= 0.6 is 35.3 Å².